The summed E-state index contributed by atoms with van der Waals surface area (Å²) in [5.41, 5.74) is 27.9. The van der Waals surface area contributed by atoms with Crippen LogP contribution in [0.2, 0.25) is 0 Å². The molecule has 5 nitrogen and oxygen atoms in total. The van der Waals surface area contributed by atoms with Gasteiger partial charge in [-0.05, 0) is 156 Å². The first-order valence-electron chi connectivity index (χ1n) is 32.2. The maximum absolute atomic E-state index is 7.65. The minimum Gasteiger partial charge on any atom is -0.456 e. The summed E-state index contributed by atoms with van der Waals surface area (Å²) in [5, 5.41) is 6.73. The molecule has 2 aliphatic rings. The smallest absolute Gasteiger partial charge is 0.261 e. The lowest BCUT2D eigenvalue weighted by atomic mass is 9.33. The molecule has 0 spiro atoms. The summed E-state index contributed by atoms with van der Waals surface area (Å²) in [5.74, 6) is 0. The molecule has 438 valence electrons. The zero-order valence-corrected chi connectivity index (χ0v) is 52.3. The Morgan fingerprint density at radius 1 is 0.293 bits per heavy atom. The van der Waals surface area contributed by atoms with E-state index in [0.29, 0.717) is 0 Å². The van der Waals surface area contributed by atoms with E-state index in [4.69, 9.17) is 8.83 Å². The normalized spacial score (nSPS) is 13.0. The zero-order valence-electron chi connectivity index (χ0n) is 52.3. The van der Waals surface area contributed by atoms with Crippen molar-refractivity contribution in [1.29, 1.82) is 0 Å². The molecule has 16 aromatic rings. The van der Waals surface area contributed by atoms with Gasteiger partial charge in [0.05, 0.1) is 16.7 Å². The topological polar surface area (TPSA) is 37.7 Å². The SMILES string of the molecule is CC(C)(C)c1ccc(-c2cc3c(c4oc5ccccc5c24)B2c4c(cc(-n5c6ccccc6c6ccccc65)cc4N(c4ccc(-c5ccccc5)cc4)c4cc(-c5ccc(C(C)(C)C)cc5)c5c(oc6ccccc65)c42)N3c2ccc(-c3ccccc3)cc2)cc1. The standard InChI is InChI=1S/C86H64BN3O2/c1-85(2,3)59-41-33-57(34-42-59)68-51-74-81(83-78(68)66-27-15-19-31-76(66)91-83)87-80-72(88(74)61-45-37-55(38-46-61)53-21-9-7-10-22-53)49-63(90-70-29-17-13-25-64(70)65-26-14-18-30-71(65)90)50-73(80)89(62-47-39-56(40-48-62)54-23-11-8-12-24-54)75-52-69(58-35-43-60(44-36-58)86(4,5)6)79-67-28-16-20-32-77(67)92-84(79)82(75)87/h7-52H,1-6H3. The summed E-state index contributed by atoms with van der Waals surface area (Å²) in [7, 11) is 0. The third kappa shape index (κ3) is 8.26. The third-order valence-electron chi connectivity index (χ3n) is 19.7. The van der Waals surface area contributed by atoms with Gasteiger partial charge < -0.3 is 23.2 Å². The summed E-state index contributed by atoms with van der Waals surface area (Å²) in [6.07, 6.45) is 0. The minimum atomic E-state index is -0.419. The van der Waals surface area contributed by atoms with Crippen molar-refractivity contribution in [2.24, 2.45) is 0 Å². The Bertz CT molecular complexity index is 5290. The maximum atomic E-state index is 7.65. The molecule has 0 N–H and O–H groups in total. The lowest BCUT2D eigenvalue weighted by molar-refractivity contribution is 0.590. The molecule has 13 aromatic carbocycles. The van der Waals surface area contributed by atoms with Crippen molar-refractivity contribution in [3.8, 4) is 50.2 Å². The molecule has 2 aliphatic heterocycles. The average Bonchev–Trinajstić information content (AvgIpc) is 1.15. The predicted molar refractivity (Wildman–Crippen MR) is 389 cm³/mol. The molecule has 0 aliphatic carbocycles. The van der Waals surface area contributed by atoms with Gasteiger partial charge in [-0.3, -0.25) is 0 Å². The van der Waals surface area contributed by atoms with E-state index < -0.39 is 6.71 Å². The Balaban J connectivity index is 1.03. The van der Waals surface area contributed by atoms with Crippen molar-refractivity contribution in [1.82, 2.24) is 4.57 Å². The Hall–Kier alpha value is -11.1. The van der Waals surface area contributed by atoms with Crippen LogP contribution in [0.4, 0.5) is 34.1 Å². The molecule has 0 radical (unpaired) electrons. The predicted octanol–water partition coefficient (Wildman–Crippen LogP) is 21.9. The van der Waals surface area contributed by atoms with Crippen LogP contribution in [0.1, 0.15) is 52.7 Å². The highest BCUT2D eigenvalue weighted by atomic mass is 16.3. The van der Waals surface area contributed by atoms with E-state index in [1.54, 1.807) is 0 Å². The quantitative estimate of drug-likeness (QED) is 0.149. The molecule has 0 bridgehead atoms. The fourth-order valence-corrected chi connectivity index (χ4v) is 15.2. The van der Waals surface area contributed by atoms with Crippen LogP contribution in [0.5, 0.6) is 0 Å². The molecular weight excluding hydrogens is 1120 g/mol. The number of rotatable bonds is 7. The van der Waals surface area contributed by atoms with Crippen LogP contribution in [-0.2, 0) is 10.8 Å². The van der Waals surface area contributed by atoms with Gasteiger partial charge in [-0.25, -0.2) is 0 Å². The van der Waals surface area contributed by atoms with E-state index in [9.17, 15) is 0 Å². The highest BCUT2D eigenvalue weighted by Gasteiger charge is 2.48. The Labute approximate surface area is 535 Å². The largest absolute Gasteiger partial charge is 0.456 e. The highest BCUT2D eigenvalue weighted by molar-refractivity contribution is 7.03. The molecule has 18 rings (SSSR count). The molecule has 0 unspecified atom stereocenters. The second kappa shape index (κ2) is 20.2. The Morgan fingerprint density at radius 2 is 0.630 bits per heavy atom. The van der Waals surface area contributed by atoms with Crippen molar-refractivity contribution in [3.63, 3.8) is 0 Å². The van der Waals surface area contributed by atoms with E-state index in [1.807, 2.05) is 0 Å². The third-order valence-corrected chi connectivity index (χ3v) is 19.7. The van der Waals surface area contributed by atoms with Crippen molar-refractivity contribution in [2.75, 3.05) is 9.80 Å². The van der Waals surface area contributed by atoms with Crippen molar-refractivity contribution >= 4 is 123 Å². The number of anilines is 6. The lowest BCUT2D eigenvalue weighted by Gasteiger charge is -2.44. The zero-order chi connectivity index (χ0) is 61.7. The van der Waals surface area contributed by atoms with E-state index in [1.165, 1.54) is 33.0 Å². The first kappa shape index (κ1) is 53.9. The molecule has 0 fully saturated rings. The van der Waals surface area contributed by atoms with Crippen LogP contribution < -0.4 is 26.2 Å². The molecule has 0 atom stereocenters. The fraction of sp³-hybridized carbons (Fsp3) is 0.0930. The summed E-state index contributed by atoms with van der Waals surface area (Å²) in [6.45, 7) is 13.3. The second-order valence-electron chi connectivity index (χ2n) is 27.2. The molecule has 0 amide bonds. The number of nitrogens with zero attached hydrogens (tertiary/aromatic N) is 3. The van der Waals surface area contributed by atoms with Crippen LogP contribution in [0.25, 0.3) is 116 Å². The van der Waals surface area contributed by atoms with Gasteiger partial charge in [0.2, 0.25) is 0 Å². The number of benzene rings is 13. The molecule has 0 saturated heterocycles. The van der Waals surface area contributed by atoms with Crippen LogP contribution in [0, 0.1) is 0 Å². The van der Waals surface area contributed by atoms with Crippen LogP contribution in [-0.4, -0.2) is 11.3 Å². The van der Waals surface area contributed by atoms with Gasteiger partial charge in [0.1, 0.15) is 22.3 Å². The van der Waals surface area contributed by atoms with E-state index >= 15 is 0 Å². The summed E-state index contributed by atoms with van der Waals surface area (Å²) in [6, 6.07) is 103. The maximum Gasteiger partial charge on any atom is 0.261 e. The van der Waals surface area contributed by atoms with E-state index in [-0.39, 0.29) is 10.8 Å². The van der Waals surface area contributed by atoms with Gasteiger partial charge in [0.25, 0.3) is 6.71 Å². The fourth-order valence-electron chi connectivity index (χ4n) is 15.2. The summed E-state index contributed by atoms with van der Waals surface area (Å²) >= 11 is 0. The van der Waals surface area contributed by atoms with E-state index in [0.717, 1.165) is 144 Å². The summed E-state index contributed by atoms with van der Waals surface area (Å²) in [4.78, 5) is 5.11. The highest BCUT2D eigenvalue weighted by Crippen LogP contribution is 2.52. The van der Waals surface area contributed by atoms with Crippen molar-refractivity contribution in [3.05, 3.63) is 290 Å². The molecule has 0 saturated carbocycles. The second-order valence-corrected chi connectivity index (χ2v) is 27.2. The first-order valence-corrected chi connectivity index (χ1v) is 32.2. The first-order chi connectivity index (χ1) is 44.9. The van der Waals surface area contributed by atoms with Crippen molar-refractivity contribution in [2.45, 2.75) is 52.4 Å². The van der Waals surface area contributed by atoms with Crippen LogP contribution in [0.15, 0.2) is 288 Å². The number of para-hydroxylation sites is 4. The van der Waals surface area contributed by atoms with Gasteiger partial charge in [0, 0.05) is 66.4 Å². The van der Waals surface area contributed by atoms with Gasteiger partial charge in [-0.1, -0.05) is 248 Å². The lowest BCUT2D eigenvalue weighted by Crippen LogP contribution is -2.61. The van der Waals surface area contributed by atoms with Gasteiger partial charge in [0.15, 0.2) is 0 Å². The monoisotopic (exact) mass is 1180 g/mol. The molecule has 5 heterocycles. The van der Waals surface area contributed by atoms with Crippen molar-refractivity contribution < 1.29 is 8.83 Å². The Morgan fingerprint density at radius 3 is 1.03 bits per heavy atom. The summed E-state index contributed by atoms with van der Waals surface area (Å²) < 4.78 is 17.8. The number of fused-ring (bicyclic) bond motifs is 15. The van der Waals surface area contributed by atoms with Crippen LogP contribution in [0.3, 0.4) is 0 Å². The number of hydrogen-bond acceptors (Lipinski definition) is 4. The van der Waals surface area contributed by atoms with Gasteiger partial charge in [-0.2, -0.15) is 0 Å². The minimum absolute atomic E-state index is 0.0336. The molecule has 6 heteroatoms. The molecule has 3 aromatic heterocycles. The Kier molecular flexibility index (Phi) is 11.8. The van der Waals surface area contributed by atoms with Gasteiger partial charge >= 0.3 is 0 Å². The number of hydrogen-bond donors (Lipinski definition) is 0. The number of furan rings is 2. The van der Waals surface area contributed by atoms with Crippen LogP contribution >= 0.6 is 0 Å². The van der Waals surface area contributed by atoms with E-state index in [2.05, 4.69) is 335 Å². The number of aromatic nitrogens is 1. The average molecular weight is 1180 g/mol. The van der Waals surface area contributed by atoms with Gasteiger partial charge in [-0.15, -0.1) is 0 Å². The molecule has 92 heavy (non-hydrogen) atoms. The molecular formula is C86H64BN3O2.